The van der Waals surface area contributed by atoms with Gasteiger partial charge in [-0.05, 0) is 30.2 Å². The van der Waals surface area contributed by atoms with Crippen LogP contribution in [0.3, 0.4) is 0 Å². The van der Waals surface area contributed by atoms with Crippen LogP contribution in [0.2, 0.25) is 0 Å². The fraction of sp³-hybridized carbons (Fsp3) is 0.312. The number of pyridine rings is 1. The average Bonchev–Trinajstić information content (AvgIpc) is 2.92. The van der Waals surface area contributed by atoms with E-state index in [9.17, 15) is 4.39 Å². The fourth-order valence-electron chi connectivity index (χ4n) is 2.97. The van der Waals surface area contributed by atoms with Crippen LogP contribution in [0, 0.1) is 11.7 Å². The summed E-state index contributed by atoms with van der Waals surface area (Å²) in [4.78, 5) is 6.17. The third-order valence-electron chi connectivity index (χ3n) is 4.01. The zero-order valence-electron chi connectivity index (χ0n) is 11.2. The Bertz CT molecular complexity index is 573. The van der Waals surface area contributed by atoms with Crippen LogP contribution < -0.4 is 10.6 Å². The minimum Gasteiger partial charge on any atom is -0.353 e. The summed E-state index contributed by atoms with van der Waals surface area (Å²) in [5.74, 6) is 0.836. The third-order valence-corrected chi connectivity index (χ3v) is 4.01. The maximum Gasteiger partial charge on any atom is 0.165 e. The average molecular weight is 271 g/mol. The molecule has 1 aliphatic rings. The smallest absolute Gasteiger partial charge is 0.165 e. The highest BCUT2D eigenvalue weighted by atomic mass is 19.1. The third kappa shape index (κ3) is 2.39. The quantitative estimate of drug-likeness (QED) is 0.932. The monoisotopic (exact) mass is 271 g/mol. The van der Waals surface area contributed by atoms with Gasteiger partial charge in [0, 0.05) is 25.2 Å². The molecule has 2 N–H and O–H groups in total. The Morgan fingerprint density at radius 2 is 1.95 bits per heavy atom. The lowest BCUT2D eigenvalue weighted by atomic mass is 9.89. The predicted molar refractivity (Wildman–Crippen MR) is 78.1 cm³/mol. The number of nitrogens with two attached hydrogens (primary N) is 1. The molecule has 0 unspecified atom stereocenters. The zero-order valence-corrected chi connectivity index (χ0v) is 11.2. The van der Waals surface area contributed by atoms with Crippen LogP contribution in [-0.4, -0.2) is 24.6 Å². The van der Waals surface area contributed by atoms with E-state index in [1.165, 1.54) is 11.6 Å². The summed E-state index contributed by atoms with van der Waals surface area (Å²) < 4.78 is 13.9. The normalized spacial score (nSPS) is 22.2. The number of aromatic nitrogens is 1. The molecule has 2 atom stereocenters. The van der Waals surface area contributed by atoms with Crippen LogP contribution in [0.1, 0.15) is 11.5 Å². The van der Waals surface area contributed by atoms with E-state index >= 15 is 0 Å². The number of nitrogens with zero attached hydrogens (tertiary/aromatic N) is 2. The van der Waals surface area contributed by atoms with Crippen molar-refractivity contribution in [3.63, 3.8) is 0 Å². The molecule has 1 aromatic heterocycles. The first-order chi connectivity index (χ1) is 9.79. The summed E-state index contributed by atoms with van der Waals surface area (Å²) >= 11 is 0. The van der Waals surface area contributed by atoms with Crippen molar-refractivity contribution in [2.45, 2.75) is 5.92 Å². The maximum absolute atomic E-state index is 13.9. The first kappa shape index (κ1) is 13.1. The molecule has 0 aliphatic carbocycles. The molecule has 0 radical (unpaired) electrons. The second kappa shape index (κ2) is 5.59. The first-order valence-corrected chi connectivity index (χ1v) is 6.90. The minimum absolute atomic E-state index is 0.267. The van der Waals surface area contributed by atoms with E-state index in [1.807, 2.05) is 23.1 Å². The van der Waals surface area contributed by atoms with E-state index in [4.69, 9.17) is 5.73 Å². The van der Waals surface area contributed by atoms with Gasteiger partial charge in [-0.3, -0.25) is 0 Å². The van der Waals surface area contributed by atoms with Crippen LogP contribution in [0.5, 0.6) is 0 Å². The lowest BCUT2D eigenvalue weighted by Gasteiger charge is -2.17. The van der Waals surface area contributed by atoms with Crippen LogP contribution >= 0.6 is 0 Å². The van der Waals surface area contributed by atoms with Gasteiger partial charge in [0.15, 0.2) is 11.6 Å². The molecule has 0 bridgehead atoms. The van der Waals surface area contributed by atoms with Gasteiger partial charge in [0.1, 0.15) is 0 Å². The highest BCUT2D eigenvalue weighted by Crippen LogP contribution is 2.34. The van der Waals surface area contributed by atoms with Gasteiger partial charge in [-0.2, -0.15) is 0 Å². The van der Waals surface area contributed by atoms with E-state index in [1.54, 1.807) is 12.3 Å². The first-order valence-electron chi connectivity index (χ1n) is 6.90. The van der Waals surface area contributed by atoms with E-state index in [0.29, 0.717) is 24.2 Å². The van der Waals surface area contributed by atoms with Crippen molar-refractivity contribution >= 4 is 5.82 Å². The van der Waals surface area contributed by atoms with Crippen LogP contribution in [0.25, 0.3) is 0 Å². The topological polar surface area (TPSA) is 42.1 Å². The summed E-state index contributed by atoms with van der Waals surface area (Å²) in [5, 5.41) is 0. The summed E-state index contributed by atoms with van der Waals surface area (Å²) in [6.45, 7) is 2.12. The summed E-state index contributed by atoms with van der Waals surface area (Å²) in [6, 6.07) is 13.4. The van der Waals surface area contributed by atoms with Gasteiger partial charge in [0.05, 0.1) is 0 Å². The summed E-state index contributed by atoms with van der Waals surface area (Å²) in [5.41, 5.74) is 7.16. The molecule has 104 valence electrons. The maximum atomic E-state index is 13.9. The molecule has 2 heterocycles. The van der Waals surface area contributed by atoms with Gasteiger partial charge in [-0.1, -0.05) is 30.3 Å². The van der Waals surface area contributed by atoms with Gasteiger partial charge in [-0.25, -0.2) is 9.37 Å². The Labute approximate surface area is 118 Å². The van der Waals surface area contributed by atoms with Crippen molar-refractivity contribution in [3.05, 3.63) is 60.0 Å². The fourth-order valence-corrected chi connectivity index (χ4v) is 2.97. The molecule has 4 heteroatoms. The van der Waals surface area contributed by atoms with Crippen molar-refractivity contribution in [1.82, 2.24) is 4.98 Å². The highest BCUT2D eigenvalue weighted by molar-refractivity contribution is 5.43. The van der Waals surface area contributed by atoms with Crippen molar-refractivity contribution < 1.29 is 4.39 Å². The summed E-state index contributed by atoms with van der Waals surface area (Å²) in [6.07, 6.45) is 1.63. The molecule has 1 aromatic carbocycles. The second-order valence-electron chi connectivity index (χ2n) is 5.23. The Morgan fingerprint density at radius 1 is 1.15 bits per heavy atom. The number of rotatable bonds is 3. The van der Waals surface area contributed by atoms with Gasteiger partial charge in [0.25, 0.3) is 0 Å². The Kier molecular flexibility index (Phi) is 3.65. The van der Waals surface area contributed by atoms with E-state index < -0.39 is 0 Å². The molecule has 3 rings (SSSR count). The van der Waals surface area contributed by atoms with E-state index in [-0.39, 0.29) is 5.82 Å². The molecule has 1 aliphatic heterocycles. The molecule has 1 saturated heterocycles. The van der Waals surface area contributed by atoms with Crippen molar-refractivity contribution in [2.24, 2.45) is 11.7 Å². The number of benzene rings is 1. The van der Waals surface area contributed by atoms with Crippen LogP contribution in [0.15, 0.2) is 48.7 Å². The Hall–Kier alpha value is -1.94. The highest BCUT2D eigenvalue weighted by Gasteiger charge is 2.34. The van der Waals surface area contributed by atoms with Crippen molar-refractivity contribution in [2.75, 3.05) is 24.5 Å². The molecule has 1 fully saturated rings. The summed E-state index contributed by atoms with van der Waals surface area (Å²) in [7, 11) is 0. The SMILES string of the molecule is NC[C@@H]1CN(c2ncccc2F)C[C@H]1c1ccccc1. The molecular weight excluding hydrogens is 253 g/mol. The van der Waals surface area contributed by atoms with Gasteiger partial charge >= 0.3 is 0 Å². The second-order valence-corrected chi connectivity index (χ2v) is 5.23. The molecule has 0 amide bonds. The molecule has 3 nitrogen and oxygen atoms in total. The number of hydrogen-bond donors (Lipinski definition) is 1. The largest absolute Gasteiger partial charge is 0.353 e. The Balaban J connectivity index is 1.87. The van der Waals surface area contributed by atoms with Gasteiger partial charge in [0.2, 0.25) is 0 Å². The number of anilines is 1. The predicted octanol–water partition coefficient (Wildman–Crippen LogP) is 2.40. The molecular formula is C16H18FN3. The minimum atomic E-state index is -0.267. The van der Waals surface area contributed by atoms with Crippen molar-refractivity contribution in [1.29, 1.82) is 0 Å². The van der Waals surface area contributed by atoms with Gasteiger partial charge in [-0.15, -0.1) is 0 Å². The lowest BCUT2D eigenvalue weighted by molar-refractivity contribution is 0.532. The zero-order chi connectivity index (χ0) is 13.9. The van der Waals surface area contributed by atoms with Gasteiger partial charge < -0.3 is 10.6 Å². The number of halogens is 1. The van der Waals surface area contributed by atoms with Crippen LogP contribution in [-0.2, 0) is 0 Å². The van der Waals surface area contributed by atoms with E-state index in [0.717, 1.165) is 13.1 Å². The standard InChI is InChI=1S/C16H18FN3/c17-15-7-4-8-19-16(15)20-10-13(9-18)14(11-20)12-5-2-1-3-6-12/h1-8,13-14H,9-11,18H2/t13-,14+/m1/s1. The lowest BCUT2D eigenvalue weighted by Crippen LogP contribution is -2.24. The van der Waals surface area contributed by atoms with Crippen LogP contribution in [0.4, 0.5) is 10.2 Å². The molecule has 0 spiro atoms. The van der Waals surface area contributed by atoms with Crippen molar-refractivity contribution in [3.8, 4) is 0 Å². The van der Waals surface area contributed by atoms with E-state index in [2.05, 4.69) is 17.1 Å². The number of hydrogen-bond acceptors (Lipinski definition) is 3. The molecule has 2 aromatic rings. The molecule has 20 heavy (non-hydrogen) atoms. The Morgan fingerprint density at radius 3 is 2.65 bits per heavy atom. The molecule has 0 saturated carbocycles.